The molecule has 6 rings (SSSR count). The van der Waals surface area contributed by atoms with Crippen molar-refractivity contribution in [1.29, 1.82) is 0 Å². The predicted molar refractivity (Wildman–Crippen MR) is 159 cm³/mol. The number of hydrogen-bond donors (Lipinski definition) is 1. The summed E-state index contributed by atoms with van der Waals surface area (Å²) in [6.45, 7) is 0.964. The summed E-state index contributed by atoms with van der Waals surface area (Å²) in [5, 5.41) is 9.02. The van der Waals surface area contributed by atoms with Gasteiger partial charge in [0.1, 0.15) is 5.75 Å². The Morgan fingerprint density at radius 1 is 0.900 bits per heavy atom. The van der Waals surface area contributed by atoms with Crippen molar-refractivity contribution >= 4 is 33.4 Å². The number of aliphatic hydroxyl groups is 1. The number of halogens is 1. The second kappa shape index (κ2) is 11.3. The standard InChI is InChI=1S/C33H29BrN2O4/c34-26-15-11-23(12-16-26)21-33-30(40-31(35-33)25-13-17-27(18-14-25)39-20-6-19-37)28-9-4-5-10-29(28)36(32(33)38)22-24-7-2-1-3-8-24/h1-5,7-18,30,37H,6,19-22H2/t30-,33-/m0/s1. The van der Waals surface area contributed by atoms with Crippen LogP contribution in [0.1, 0.15) is 34.8 Å². The fourth-order valence-corrected chi connectivity index (χ4v) is 5.64. The zero-order chi connectivity index (χ0) is 27.5. The van der Waals surface area contributed by atoms with E-state index in [4.69, 9.17) is 19.6 Å². The van der Waals surface area contributed by atoms with Crippen molar-refractivity contribution < 1.29 is 19.4 Å². The Morgan fingerprint density at radius 3 is 2.38 bits per heavy atom. The summed E-state index contributed by atoms with van der Waals surface area (Å²) < 4.78 is 13.3. The highest BCUT2D eigenvalue weighted by Gasteiger charge is 2.58. The molecule has 0 saturated carbocycles. The van der Waals surface area contributed by atoms with E-state index in [-0.39, 0.29) is 12.5 Å². The number of rotatable bonds is 9. The van der Waals surface area contributed by atoms with Crippen LogP contribution in [-0.2, 0) is 22.5 Å². The van der Waals surface area contributed by atoms with Crippen LogP contribution in [0.3, 0.4) is 0 Å². The summed E-state index contributed by atoms with van der Waals surface area (Å²) in [6.07, 6.45) is 0.399. The second-order valence-electron chi connectivity index (χ2n) is 10.0. The van der Waals surface area contributed by atoms with Crippen molar-refractivity contribution in [2.75, 3.05) is 18.1 Å². The van der Waals surface area contributed by atoms with Crippen molar-refractivity contribution in [2.24, 2.45) is 4.99 Å². The highest BCUT2D eigenvalue weighted by atomic mass is 79.9. The van der Waals surface area contributed by atoms with Gasteiger partial charge in [-0.3, -0.25) is 4.79 Å². The predicted octanol–water partition coefficient (Wildman–Crippen LogP) is 6.26. The molecule has 2 aliphatic heterocycles. The van der Waals surface area contributed by atoms with Crippen molar-refractivity contribution in [1.82, 2.24) is 0 Å². The highest BCUT2D eigenvalue weighted by Crippen LogP contribution is 2.50. The average molecular weight is 598 g/mol. The molecule has 4 aromatic rings. The van der Waals surface area contributed by atoms with Gasteiger partial charge in [0.25, 0.3) is 5.91 Å². The van der Waals surface area contributed by atoms with E-state index < -0.39 is 11.6 Å². The largest absolute Gasteiger partial charge is 0.494 e. The van der Waals surface area contributed by atoms with Gasteiger partial charge in [0.15, 0.2) is 11.6 Å². The lowest BCUT2D eigenvalue weighted by molar-refractivity contribution is -0.127. The Morgan fingerprint density at radius 2 is 1.62 bits per heavy atom. The van der Waals surface area contributed by atoms with Crippen LogP contribution in [0.4, 0.5) is 5.69 Å². The first-order valence-corrected chi connectivity index (χ1v) is 14.2. The number of benzene rings is 4. The van der Waals surface area contributed by atoms with E-state index in [0.29, 0.717) is 37.6 Å². The molecule has 0 unspecified atom stereocenters. The number of hydrogen-bond acceptors (Lipinski definition) is 5. The van der Waals surface area contributed by atoms with Gasteiger partial charge in [-0.05, 0) is 53.6 Å². The van der Waals surface area contributed by atoms with Gasteiger partial charge in [-0.2, -0.15) is 0 Å². The van der Waals surface area contributed by atoms with Gasteiger partial charge in [-0.25, -0.2) is 4.99 Å². The molecule has 1 N–H and O–H groups in total. The molecule has 1 amide bonds. The molecule has 2 atom stereocenters. The van der Waals surface area contributed by atoms with Crippen molar-refractivity contribution in [2.45, 2.75) is 31.0 Å². The zero-order valence-electron chi connectivity index (χ0n) is 21.9. The molecule has 2 aliphatic rings. The van der Waals surface area contributed by atoms with E-state index >= 15 is 0 Å². The van der Waals surface area contributed by atoms with Crippen LogP contribution in [-0.4, -0.2) is 35.7 Å². The van der Waals surface area contributed by atoms with E-state index in [9.17, 15) is 4.79 Å². The Balaban J connectivity index is 1.43. The summed E-state index contributed by atoms with van der Waals surface area (Å²) in [5.74, 6) is 1.06. The third-order valence-corrected chi connectivity index (χ3v) is 7.86. The summed E-state index contributed by atoms with van der Waals surface area (Å²) in [7, 11) is 0. The molecule has 0 radical (unpaired) electrons. The molecule has 4 aromatic carbocycles. The van der Waals surface area contributed by atoms with Crippen molar-refractivity contribution in [3.8, 4) is 5.75 Å². The summed E-state index contributed by atoms with van der Waals surface area (Å²) in [6, 6.07) is 33.5. The fourth-order valence-electron chi connectivity index (χ4n) is 5.38. The Hall–Kier alpha value is -3.94. The van der Waals surface area contributed by atoms with E-state index in [1.807, 2.05) is 108 Å². The number of nitrogens with zero attached hydrogens (tertiary/aromatic N) is 2. The van der Waals surface area contributed by atoms with Gasteiger partial charge < -0.3 is 19.5 Å². The van der Waals surface area contributed by atoms with E-state index in [0.717, 1.165) is 32.4 Å². The van der Waals surface area contributed by atoms with Gasteiger partial charge in [-0.15, -0.1) is 0 Å². The zero-order valence-corrected chi connectivity index (χ0v) is 23.5. The molecule has 202 valence electrons. The van der Waals surface area contributed by atoms with Gasteiger partial charge >= 0.3 is 0 Å². The lowest BCUT2D eigenvalue weighted by Crippen LogP contribution is -2.55. The first-order chi connectivity index (χ1) is 19.6. The Bertz CT molecular complexity index is 1520. The van der Waals surface area contributed by atoms with Crippen LogP contribution in [0.5, 0.6) is 5.75 Å². The molecule has 2 heterocycles. The smallest absolute Gasteiger partial charge is 0.259 e. The van der Waals surface area contributed by atoms with E-state index in [1.54, 1.807) is 0 Å². The van der Waals surface area contributed by atoms with E-state index in [2.05, 4.69) is 15.9 Å². The number of carbonyl (C=O) groups excluding carboxylic acids is 1. The maximum atomic E-state index is 14.6. The number of aliphatic hydroxyl groups excluding tert-OH is 1. The number of fused-ring (bicyclic) bond motifs is 3. The molecule has 0 fully saturated rings. The molecular weight excluding hydrogens is 568 g/mol. The quantitative estimate of drug-likeness (QED) is 0.232. The SMILES string of the molecule is O=C1N(Cc2ccccc2)c2ccccc2[C@@H]2OC(c3ccc(OCCCO)cc3)=N[C@]12Cc1ccc(Br)cc1. The molecule has 40 heavy (non-hydrogen) atoms. The normalized spacial score (nSPS) is 19.4. The van der Waals surface area contributed by atoms with Crippen LogP contribution >= 0.6 is 15.9 Å². The summed E-state index contributed by atoms with van der Waals surface area (Å²) in [5.41, 5.74) is 3.45. The van der Waals surface area contributed by atoms with E-state index in [1.165, 1.54) is 0 Å². The van der Waals surface area contributed by atoms with Gasteiger partial charge in [0.2, 0.25) is 5.90 Å². The average Bonchev–Trinajstić information content (AvgIpc) is 3.38. The van der Waals surface area contributed by atoms with Crippen LogP contribution in [0, 0.1) is 0 Å². The monoisotopic (exact) mass is 596 g/mol. The molecule has 7 heteroatoms. The Kier molecular flexibility index (Phi) is 7.41. The van der Waals surface area contributed by atoms with Crippen LogP contribution in [0.2, 0.25) is 0 Å². The molecule has 0 aliphatic carbocycles. The number of anilines is 1. The van der Waals surface area contributed by atoms with Gasteiger partial charge in [-0.1, -0.05) is 76.6 Å². The number of amides is 1. The van der Waals surface area contributed by atoms with Gasteiger partial charge in [0.05, 0.1) is 18.8 Å². The molecule has 0 spiro atoms. The molecule has 6 nitrogen and oxygen atoms in total. The third-order valence-electron chi connectivity index (χ3n) is 7.33. The lowest BCUT2D eigenvalue weighted by atomic mass is 9.78. The van der Waals surface area contributed by atoms with Crippen LogP contribution in [0.15, 0.2) is 113 Å². The number of carbonyl (C=O) groups is 1. The minimum absolute atomic E-state index is 0.0815. The summed E-state index contributed by atoms with van der Waals surface area (Å²) >= 11 is 3.52. The third kappa shape index (κ3) is 5.03. The van der Waals surface area contributed by atoms with Crippen LogP contribution in [0.25, 0.3) is 0 Å². The van der Waals surface area contributed by atoms with Crippen molar-refractivity contribution in [3.05, 3.63) is 130 Å². The molecule has 0 saturated heterocycles. The van der Waals surface area contributed by atoms with Crippen molar-refractivity contribution in [3.63, 3.8) is 0 Å². The second-order valence-corrected chi connectivity index (χ2v) is 10.9. The maximum absolute atomic E-state index is 14.6. The lowest BCUT2D eigenvalue weighted by Gasteiger charge is -2.42. The number of para-hydroxylation sites is 1. The maximum Gasteiger partial charge on any atom is 0.259 e. The molecule has 0 aromatic heterocycles. The van der Waals surface area contributed by atoms with Gasteiger partial charge in [0, 0.05) is 35.0 Å². The van der Waals surface area contributed by atoms with Crippen LogP contribution < -0.4 is 9.64 Å². The molecule has 0 bridgehead atoms. The first-order valence-electron chi connectivity index (χ1n) is 13.4. The number of aliphatic imine (C=N–C) groups is 1. The molecular formula is C33H29BrN2O4. The Labute approximate surface area is 242 Å². The fraction of sp³-hybridized carbons (Fsp3) is 0.212. The topological polar surface area (TPSA) is 71.4 Å². The minimum Gasteiger partial charge on any atom is -0.494 e. The number of ether oxygens (including phenoxy) is 2. The first kappa shape index (κ1) is 26.3. The highest BCUT2D eigenvalue weighted by molar-refractivity contribution is 9.10. The summed E-state index contributed by atoms with van der Waals surface area (Å²) in [4.78, 5) is 21.6. The minimum atomic E-state index is -1.16.